The van der Waals surface area contributed by atoms with Crippen LogP contribution in [-0.4, -0.2) is 55.0 Å². The average Bonchev–Trinajstić information content (AvgIpc) is 2.73. The monoisotopic (exact) mass is 410 g/mol. The standard InChI is InChI=1S/C22H23N3O5/c1-28-18-11-16-17(12-19(18)29-2)23-21(14-7-6-8-14)25(22(16)27)24-20(26)13-30-15-9-4-3-5-10-15/h3-5,9-12,14,18H,6-8,13H2,1-2H3/p+1. The van der Waals surface area contributed by atoms with Crippen LogP contribution in [0.25, 0.3) is 0 Å². The number of rotatable bonds is 7. The molecule has 1 atom stereocenters. The number of benzene rings is 1. The molecule has 4 rings (SSSR count). The molecule has 0 aromatic heterocycles. The van der Waals surface area contributed by atoms with Crippen LogP contribution in [0.1, 0.15) is 19.3 Å². The first-order valence-electron chi connectivity index (χ1n) is 9.88. The minimum atomic E-state index is -0.489. The van der Waals surface area contributed by atoms with Gasteiger partial charge in [-0.15, -0.1) is 0 Å². The highest BCUT2D eigenvalue weighted by Gasteiger charge is 2.44. The van der Waals surface area contributed by atoms with Gasteiger partial charge >= 0.3 is 11.7 Å². The van der Waals surface area contributed by atoms with E-state index in [1.165, 1.54) is 11.8 Å². The largest absolute Gasteiger partial charge is 0.498 e. The fraction of sp³-hybridized carbons (Fsp3) is 0.364. The second kappa shape index (κ2) is 8.62. The number of aliphatic imine (C=N–C) groups is 1. The summed E-state index contributed by atoms with van der Waals surface area (Å²) in [6, 6.07) is 9.04. The number of carbonyl (C=O) groups is 2. The number of hydrogen-bond donors (Lipinski definition) is 1. The van der Waals surface area contributed by atoms with Gasteiger partial charge in [0.1, 0.15) is 23.2 Å². The van der Waals surface area contributed by atoms with Crippen molar-refractivity contribution in [1.82, 2.24) is 5.43 Å². The lowest BCUT2D eigenvalue weighted by molar-refractivity contribution is -0.496. The second-order valence-corrected chi connectivity index (χ2v) is 7.25. The molecule has 3 aliphatic rings. The Morgan fingerprint density at radius 2 is 2.00 bits per heavy atom. The van der Waals surface area contributed by atoms with Gasteiger partial charge in [0.15, 0.2) is 12.3 Å². The van der Waals surface area contributed by atoms with Crippen LogP contribution in [0.2, 0.25) is 0 Å². The number of nitrogens with zero attached hydrogens (tertiary/aromatic N) is 2. The Labute approximate surface area is 174 Å². The zero-order valence-corrected chi connectivity index (χ0v) is 17.0. The molecule has 8 heteroatoms. The zero-order chi connectivity index (χ0) is 21.1. The Kier molecular flexibility index (Phi) is 5.76. The third-order valence-corrected chi connectivity index (χ3v) is 5.36. The van der Waals surface area contributed by atoms with Gasteiger partial charge in [0.25, 0.3) is 5.91 Å². The summed E-state index contributed by atoms with van der Waals surface area (Å²) in [5.74, 6) is 1.05. The van der Waals surface area contributed by atoms with Crippen molar-refractivity contribution in [3.63, 3.8) is 0 Å². The SMILES string of the molecule is COC1=CC2=NC(C3CCC3)=[N+](NC(=O)COc3ccccc3)C(=O)C2=CC1OC. The van der Waals surface area contributed by atoms with Crippen molar-refractivity contribution in [3.05, 3.63) is 53.8 Å². The van der Waals surface area contributed by atoms with Crippen molar-refractivity contribution in [2.45, 2.75) is 25.4 Å². The summed E-state index contributed by atoms with van der Waals surface area (Å²) in [5, 5.41) is 0. The molecule has 2 amide bonds. The predicted molar refractivity (Wildman–Crippen MR) is 109 cm³/mol. The summed E-state index contributed by atoms with van der Waals surface area (Å²) in [7, 11) is 3.09. The van der Waals surface area contributed by atoms with E-state index in [0.717, 1.165) is 19.3 Å². The highest BCUT2D eigenvalue weighted by molar-refractivity contribution is 6.29. The van der Waals surface area contributed by atoms with Crippen molar-refractivity contribution in [2.75, 3.05) is 20.8 Å². The molecular weight excluding hydrogens is 386 g/mol. The molecule has 0 saturated heterocycles. The maximum absolute atomic E-state index is 13.3. The van der Waals surface area contributed by atoms with E-state index in [4.69, 9.17) is 19.2 Å². The molecule has 0 bridgehead atoms. The molecule has 8 nitrogen and oxygen atoms in total. The number of hydrazone groups is 1. The lowest BCUT2D eigenvalue weighted by Crippen LogP contribution is -2.50. The molecule has 1 aliphatic heterocycles. The molecule has 1 unspecified atom stereocenters. The van der Waals surface area contributed by atoms with E-state index in [1.54, 1.807) is 31.4 Å². The zero-order valence-electron chi connectivity index (χ0n) is 17.0. The molecule has 1 aromatic carbocycles. The minimum Gasteiger partial charge on any atom is -0.498 e. The van der Waals surface area contributed by atoms with Crippen LogP contribution >= 0.6 is 0 Å². The average molecular weight is 410 g/mol. The van der Waals surface area contributed by atoms with Crippen LogP contribution in [0.15, 0.2) is 58.8 Å². The Balaban J connectivity index is 1.59. The number of amides is 2. The fourth-order valence-electron chi connectivity index (χ4n) is 3.51. The van der Waals surface area contributed by atoms with Crippen molar-refractivity contribution in [3.8, 4) is 5.75 Å². The van der Waals surface area contributed by atoms with Crippen LogP contribution < -0.4 is 10.2 Å². The summed E-state index contributed by atoms with van der Waals surface area (Å²) in [6.07, 6.45) is 5.81. The first kappa shape index (κ1) is 20.0. The molecule has 1 saturated carbocycles. The first-order valence-corrected chi connectivity index (χ1v) is 9.88. The topological polar surface area (TPSA) is 89.2 Å². The van der Waals surface area contributed by atoms with Crippen LogP contribution in [0.5, 0.6) is 5.75 Å². The number of ether oxygens (including phenoxy) is 3. The lowest BCUT2D eigenvalue weighted by atomic mass is 9.83. The lowest BCUT2D eigenvalue weighted by Gasteiger charge is -2.26. The number of para-hydroxylation sites is 1. The van der Waals surface area contributed by atoms with E-state index < -0.39 is 12.0 Å². The quantitative estimate of drug-likeness (QED) is 0.692. The van der Waals surface area contributed by atoms with E-state index in [0.29, 0.717) is 28.6 Å². The van der Waals surface area contributed by atoms with Crippen LogP contribution in [0, 0.1) is 5.92 Å². The van der Waals surface area contributed by atoms with Gasteiger partial charge in [0.05, 0.1) is 13.0 Å². The van der Waals surface area contributed by atoms with Crippen molar-refractivity contribution >= 4 is 23.4 Å². The van der Waals surface area contributed by atoms with Crippen LogP contribution in [0.3, 0.4) is 0 Å². The molecular formula is C22H24N3O5+. The second-order valence-electron chi connectivity index (χ2n) is 7.25. The number of hydrazine groups is 1. The van der Waals surface area contributed by atoms with Crippen LogP contribution in [-0.2, 0) is 19.1 Å². The summed E-state index contributed by atoms with van der Waals surface area (Å²) < 4.78 is 17.5. The number of amidine groups is 1. The van der Waals surface area contributed by atoms with E-state index in [-0.39, 0.29) is 18.4 Å². The fourth-order valence-corrected chi connectivity index (χ4v) is 3.51. The molecule has 30 heavy (non-hydrogen) atoms. The highest BCUT2D eigenvalue weighted by Crippen LogP contribution is 2.31. The Bertz CT molecular complexity index is 974. The van der Waals surface area contributed by atoms with Gasteiger partial charge < -0.3 is 14.2 Å². The van der Waals surface area contributed by atoms with Gasteiger partial charge in [-0.3, -0.25) is 4.79 Å². The van der Waals surface area contributed by atoms with E-state index in [1.807, 2.05) is 18.2 Å². The molecule has 1 fully saturated rings. The van der Waals surface area contributed by atoms with Gasteiger partial charge in [0, 0.05) is 13.2 Å². The number of allylic oxidation sites excluding steroid dienone is 1. The van der Waals surface area contributed by atoms with E-state index in [2.05, 4.69) is 5.43 Å². The molecule has 156 valence electrons. The molecule has 0 radical (unpaired) electrons. The van der Waals surface area contributed by atoms with Crippen molar-refractivity contribution in [1.29, 1.82) is 0 Å². The predicted octanol–water partition coefficient (Wildman–Crippen LogP) is 1.77. The van der Waals surface area contributed by atoms with Crippen molar-refractivity contribution in [2.24, 2.45) is 10.9 Å². The van der Waals surface area contributed by atoms with Gasteiger partial charge in [0.2, 0.25) is 0 Å². The normalized spacial score (nSPS) is 21.1. The maximum Gasteiger partial charge on any atom is 0.368 e. The van der Waals surface area contributed by atoms with Gasteiger partial charge in [-0.2, -0.15) is 5.43 Å². The number of nitrogens with one attached hydrogen (secondary N) is 1. The number of methoxy groups -OCH3 is 2. The third-order valence-electron chi connectivity index (χ3n) is 5.36. The summed E-state index contributed by atoms with van der Waals surface area (Å²) in [4.78, 5) is 30.5. The molecule has 2 aliphatic carbocycles. The molecule has 1 N–H and O–H groups in total. The Morgan fingerprint density at radius 3 is 2.63 bits per heavy atom. The van der Waals surface area contributed by atoms with Crippen molar-refractivity contribution < 1.29 is 28.5 Å². The van der Waals surface area contributed by atoms with Gasteiger partial charge in [-0.25, -0.2) is 4.79 Å². The highest BCUT2D eigenvalue weighted by atomic mass is 16.5. The first-order chi connectivity index (χ1) is 14.6. The third kappa shape index (κ3) is 3.91. The summed E-state index contributed by atoms with van der Waals surface area (Å²) >= 11 is 0. The Morgan fingerprint density at radius 1 is 1.23 bits per heavy atom. The molecule has 1 aromatic rings. The molecule has 1 heterocycles. The van der Waals surface area contributed by atoms with Gasteiger partial charge in [-0.05, 0) is 36.0 Å². The maximum atomic E-state index is 13.3. The van der Waals surface area contributed by atoms with E-state index >= 15 is 0 Å². The van der Waals surface area contributed by atoms with E-state index in [9.17, 15) is 9.59 Å². The Hall–Kier alpha value is -3.26. The number of carbonyl (C=O) groups excluding carboxylic acids is 2. The molecule has 0 spiro atoms. The summed E-state index contributed by atoms with van der Waals surface area (Å²) in [5.41, 5.74) is 3.57. The van der Waals surface area contributed by atoms with Crippen LogP contribution in [0.4, 0.5) is 0 Å². The smallest absolute Gasteiger partial charge is 0.368 e. The van der Waals surface area contributed by atoms with Gasteiger partial charge in [-0.1, -0.05) is 29.3 Å². The summed E-state index contributed by atoms with van der Waals surface area (Å²) in [6.45, 7) is -0.213. The minimum absolute atomic E-state index is 0.123. The number of fused-ring (bicyclic) bond motifs is 1. The number of hydrogen-bond acceptors (Lipinski definition) is 6.